The molecule has 5 heteroatoms. The highest BCUT2D eigenvalue weighted by Gasteiger charge is 2.24. The second-order valence-corrected chi connectivity index (χ2v) is 5.59. The lowest BCUT2D eigenvalue weighted by Gasteiger charge is -2.03. The van der Waals surface area contributed by atoms with E-state index in [9.17, 15) is 4.79 Å². The third kappa shape index (κ3) is 3.20. The maximum atomic E-state index is 12.0. The lowest BCUT2D eigenvalue weighted by molar-refractivity contribution is -0.115. The molecule has 1 amide bonds. The van der Waals surface area contributed by atoms with Gasteiger partial charge < -0.3 is 10.1 Å². The Hall–Kier alpha value is -2.53. The predicted molar refractivity (Wildman–Crippen MR) is 90.2 cm³/mol. The van der Waals surface area contributed by atoms with Crippen molar-refractivity contribution in [3.8, 4) is 5.75 Å². The molecule has 22 heavy (non-hydrogen) atoms. The molecule has 0 bridgehead atoms. The number of hydrogen-bond acceptors (Lipinski definition) is 4. The molecule has 1 heterocycles. The van der Waals surface area contributed by atoms with Gasteiger partial charge in [-0.05, 0) is 35.5 Å². The maximum Gasteiger partial charge on any atom is 0.264 e. The molecule has 0 spiro atoms. The number of ether oxygens (including phenoxy) is 1. The minimum absolute atomic E-state index is 0.137. The van der Waals surface area contributed by atoms with Crippen molar-refractivity contribution < 1.29 is 9.53 Å². The summed E-state index contributed by atoms with van der Waals surface area (Å²) in [5.41, 5.74) is 1.67. The van der Waals surface area contributed by atoms with Gasteiger partial charge in [0.05, 0.1) is 12.0 Å². The summed E-state index contributed by atoms with van der Waals surface area (Å²) in [7, 11) is 1.60. The first-order chi connectivity index (χ1) is 10.8. The molecule has 1 N–H and O–H groups in total. The number of amides is 1. The summed E-state index contributed by atoms with van der Waals surface area (Å²) >= 11 is 1.32. The lowest BCUT2D eigenvalue weighted by Crippen LogP contribution is -2.19. The van der Waals surface area contributed by atoms with Crippen LogP contribution in [0.15, 0.2) is 64.5 Å². The fourth-order valence-corrected chi connectivity index (χ4v) is 2.85. The minimum Gasteiger partial charge on any atom is -0.494 e. The number of methoxy groups -OCH3 is 1. The molecular formula is C17H14N2O2S. The molecule has 110 valence electrons. The fraction of sp³-hybridized carbons (Fsp3) is 0.0588. The van der Waals surface area contributed by atoms with Crippen molar-refractivity contribution in [3.05, 3.63) is 65.1 Å². The third-order valence-corrected chi connectivity index (χ3v) is 3.97. The molecule has 1 aliphatic heterocycles. The van der Waals surface area contributed by atoms with Gasteiger partial charge in [-0.3, -0.25) is 4.79 Å². The van der Waals surface area contributed by atoms with Crippen molar-refractivity contribution in [2.24, 2.45) is 4.99 Å². The second kappa shape index (κ2) is 6.49. The summed E-state index contributed by atoms with van der Waals surface area (Å²) < 4.78 is 5.26. The standard InChI is InChI=1S/C17H14N2O2S/c1-21-14-10-6-5-9-13(14)18-17-19-16(20)15(22-17)11-12-7-3-2-4-8-12/h2-11H,1H3,(H,18,19,20)/b15-11-. The molecule has 0 atom stereocenters. The smallest absolute Gasteiger partial charge is 0.264 e. The first-order valence-electron chi connectivity index (χ1n) is 6.74. The zero-order valence-electron chi connectivity index (χ0n) is 11.9. The van der Waals surface area contributed by atoms with E-state index in [4.69, 9.17) is 4.74 Å². The first kappa shape index (κ1) is 14.4. The number of carbonyl (C=O) groups excluding carboxylic acids is 1. The Balaban J connectivity index is 1.85. The first-order valence-corrected chi connectivity index (χ1v) is 7.55. The van der Waals surface area contributed by atoms with Gasteiger partial charge in [-0.2, -0.15) is 0 Å². The summed E-state index contributed by atoms with van der Waals surface area (Å²) in [6.45, 7) is 0. The Kier molecular flexibility index (Phi) is 4.25. The van der Waals surface area contributed by atoms with E-state index < -0.39 is 0 Å². The van der Waals surface area contributed by atoms with E-state index in [2.05, 4.69) is 10.3 Å². The van der Waals surface area contributed by atoms with Crippen LogP contribution in [0, 0.1) is 0 Å². The average Bonchev–Trinajstić information content (AvgIpc) is 2.88. The van der Waals surface area contributed by atoms with Crippen LogP contribution in [0.25, 0.3) is 6.08 Å². The normalized spacial score (nSPS) is 17.8. The molecule has 0 saturated carbocycles. The molecule has 3 rings (SSSR count). The predicted octanol–water partition coefficient (Wildman–Crippen LogP) is 3.59. The topological polar surface area (TPSA) is 50.7 Å². The molecule has 2 aromatic rings. The summed E-state index contributed by atoms with van der Waals surface area (Å²) in [6.07, 6.45) is 1.85. The summed E-state index contributed by atoms with van der Waals surface area (Å²) in [4.78, 5) is 17.1. The molecule has 1 aliphatic rings. The number of rotatable bonds is 3. The van der Waals surface area contributed by atoms with E-state index in [0.717, 1.165) is 5.56 Å². The van der Waals surface area contributed by atoms with Crippen LogP contribution >= 0.6 is 11.8 Å². The molecule has 0 radical (unpaired) electrons. The van der Waals surface area contributed by atoms with E-state index in [-0.39, 0.29) is 5.91 Å². The minimum atomic E-state index is -0.137. The average molecular weight is 310 g/mol. The number of para-hydroxylation sites is 2. The Morgan fingerprint density at radius 3 is 2.59 bits per heavy atom. The number of carbonyl (C=O) groups is 1. The van der Waals surface area contributed by atoms with Crippen molar-refractivity contribution in [2.45, 2.75) is 0 Å². The van der Waals surface area contributed by atoms with Crippen LogP contribution in [0.1, 0.15) is 5.56 Å². The number of aliphatic imine (C=N–C) groups is 1. The van der Waals surface area contributed by atoms with Gasteiger partial charge in [0, 0.05) is 0 Å². The summed E-state index contributed by atoms with van der Waals surface area (Å²) in [5, 5.41) is 3.33. The van der Waals surface area contributed by atoms with Crippen LogP contribution in [0.3, 0.4) is 0 Å². The van der Waals surface area contributed by atoms with Crippen molar-refractivity contribution in [1.82, 2.24) is 5.32 Å². The number of hydrogen-bond donors (Lipinski definition) is 1. The van der Waals surface area contributed by atoms with Crippen LogP contribution in [-0.4, -0.2) is 18.2 Å². The molecule has 0 unspecified atom stereocenters. The molecule has 1 saturated heterocycles. The van der Waals surface area contributed by atoms with Gasteiger partial charge in [0.25, 0.3) is 5.91 Å². The van der Waals surface area contributed by atoms with Crippen LogP contribution in [0.4, 0.5) is 5.69 Å². The van der Waals surface area contributed by atoms with Gasteiger partial charge in [0.15, 0.2) is 5.17 Å². The highest BCUT2D eigenvalue weighted by molar-refractivity contribution is 8.18. The monoisotopic (exact) mass is 310 g/mol. The lowest BCUT2D eigenvalue weighted by atomic mass is 10.2. The van der Waals surface area contributed by atoms with E-state index in [1.165, 1.54) is 11.8 Å². The Bertz CT molecular complexity index is 754. The van der Waals surface area contributed by atoms with Gasteiger partial charge in [-0.25, -0.2) is 4.99 Å². The van der Waals surface area contributed by atoms with Crippen LogP contribution in [0.2, 0.25) is 0 Å². The third-order valence-electron chi connectivity index (χ3n) is 3.06. The summed E-state index contributed by atoms with van der Waals surface area (Å²) in [6, 6.07) is 17.2. The van der Waals surface area contributed by atoms with Crippen molar-refractivity contribution in [3.63, 3.8) is 0 Å². The molecule has 2 aromatic carbocycles. The fourth-order valence-electron chi connectivity index (χ4n) is 2.01. The SMILES string of the molecule is COc1ccccc1N=C1NC(=O)/C(=C/c2ccccc2)S1. The van der Waals surface area contributed by atoms with E-state index in [1.807, 2.05) is 60.7 Å². The van der Waals surface area contributed by atoms with Crippen LogP contribution < -0.4 is 10.1 Å². The highest BCUT2D eigenvalue weighted by Crippen LogP contribution is 2.31. The highest BCUT2D eigenvalue weighted by atomic mass is 32.2. The van der Waals surface area contributed by atoms with Gasteiger partial charge >= 0.3 is 0 Å². The second-order valence-electron chi connectivity index (χ2n) is 4.56. The van der Waals surface area contributed by atoms with Gasteiger partial charge in [0.1, 0.15) is 11.4 Å². The van der Waals surface area contributed by atoms with Gasteiger partial charge in [-0.15, -0.1) is 0 Å². The molecular weight excluding hydrogens is 296 g/mol. The molecule has 4 nitrogen and oxygen atoms in total. The maximum absolute atomic E-state index is 12.0. The number of thioether (sulfide) groups is 1. The zero-order chi connectivity index (χ0) is 15.4. The zero-order valence-corrected chi connectivity index (χ0v) is 12.8. The quantitative estimate of drug-likeness (QED) is 0.882. The van der Waals surface area contributed by atoms with Crippen LogP contribution in [0.5, 0.6) is 5.75 Å². The number of nitrogens with zero attached hydrogens (tertiary/aromatic N) is 1. The van der Waals surface area contributed by atoms with Crippen LogP contribution in [-0.2, 0) is 4.79 Å². The Morgan fingerprint density at radius 1 is 1.09 bits per heavy atom. The molecule has 1 fully saturated rings. The Labute approximate surface area is 132 Å². The van der Waals surface area contributed by atoms with Gasteiger partial charge in [0.2, 0.25) is 0 Å². The summed E-state index contributed by atoms with van der Waals surface area (Å²) in [5.74, 6) is 0.535. The largest absolute Gasteiger partial charge is 0.494 e. The van der Waals surface area contributed by atoms with E-state index in [1.54, 1.807) is 7.11 Å². The number of amidine groups is 1. The van der Waals surface area contributed by atoms with E-state index >= 15 is 0 Å². The number of benzene rings is 2. The molecule has 0 aliphatic carbocycles. The van der Waals surface area contributed by atoms with Crippen molar-refractivity contribution in [1.29, 1.82) is 0 Å². The van der Waals surface area contributed by atoms with E-state index in [0.29, 0.717) is 21.5 Å². The van der Waals surface area contributed by atoms with Gasteiger partial charge in [-0.1, -0.05) is 42.5 Å². The number of nitrogens with one attached hydrogen (secondary N) is 1. The molecule has 0 aromatic heterocycles. The van der Waals surface area contributed by atoms with Crippen molar-refractivity contribution >= 4 is 34.6 Å². The van der Waals surface area contributed by atoms with Crippen molar-refractivity contribution in [2.75, 3.05) is 7.11 Å². The Morgan fingerprint density at radius 2 is 1.82 bits per heavy atom.